The molecule has 0 aliphatic carbocycles. The summed E-state index contributed by atoms with van der Waals surface area (Å²) in [6, 6.07) is 7.27. The molecule has 108 valence electrons. The third kappa shape index (κ3) is 4.42. The standard InChI is InChI=1S/C16H17N3OS/c1-12-19-14(11-21-12)8-10-18-16(20)15-7-3-2-5-13(15)6-4-9-17/h2-3,5,7,11H,8-10,17H2,1H3,(H,18,20). The second kappa shape index (κ2) is 7.58. The molecule has 0 radical (unpaired) electrons. The van der Waals surface area contributed by atoms with Crippen LogP contribution in [0.25, 0.3) is 0 Å². The highest BCUT2D eigenvalue weighted by Gasteiger charge is 2.09. The van der Waals surface area contributed by atoms with Crippen LogP contribution in [0.3, 0.4) is 0 Å². The number of nitrogens with zero attached hydrogens (tertiary/aromatic N) is 1. The summed E-state index contributed by atoms with van der Waals surface area (Å²) < 4.78 is 0. The first-order chi connectivity index (χ1) is 10.2. The molecule has 0 saturated heterocycles. The highest BCUT2D eigenvalue weighted by molar-refractivity contribution is 7.09. The maximum atomic E-state index is 12.2. The maximum absolute atomic E-state index is 12.2. The molecule has 0 spiro atoms. The van der Waals surface area contributed by atoms with Crippen LogP contribution in [0.5, 0.6) is 0 Å². The van der Waals surface area contributed by atoms with Crippen LogP contribution in [-0.2, 0) is 6.42 Å². The molecule has 3 N–H and O–H groups in total. The zero-order valence-corrected chi connectivity index (χ0v) is 12.7. The van der Waals surface area contributed by atoms with Gasteiger partial charge in [0.2, 0.25) is 0 Å². The Hall–Kier alpha value is -2.16. The molecule has 0 atom stereocenters. The third-order valence-electron chi connectivity index (χ3n) is 2.83. The van der Waals surface area contributed by atoms with Crippen LogP contribution in [0.4, 0.5) is 0 Å². The average molecular weight is 299 g/mol. The van der Waals surface area contributed by atoms with Gasteiger partial charge in [-0.05, 0) is 19.1 Å². The second-order valence-corrected chi connectivity index (χ2v) is 5.48. The van der Waals surface area contributed by atoms with Crippen molar-refractivity contribution >= 4 is 17.2 Å². The number of thiazole rings is 1. The normalized spacial score (nSPS) is 9.81. The Balaban J connectivity index is 1.97. The van der Waals surface area contributed by atoms with Crippen molar-refractivity contribution < 1.29 is 4.79 Å². The van der Waals surface area contributed by atoms with E-state index in [2.05, 4.69) is 22.1 Å². The van der Waals surface area contributed by atoms with Crippen molar-refractivity contribution in [3.8, 4) is 11.8 Å². The largest absolute Gasteiger partial charge is 0.352 e. The SMILES string of the molecule is Cc1nc(CCNC(=O)c2ccccc2C#CCN)cs1. The van der Waals surface area contributed by atoms with Gasteiger partial charge in [0.1, 0.15) is 0 Å². The highest BCUT2D eigenvalue weighted by atomic mass is 32.1. The molecule has 0 bridgehead atoms. The van der Waals surface area contributed by atoms with Gasteiger partial charge in [0.05, 0.1) is 22.8 Å². The van der Waals surface area contributed by atoms with Crippen molar-refractivity contribution in [1.82, 2.24) is 10.3 Å². The fourth-order valence-corrected chi connectivity index (χ4v) is 2.51. The molecule has 1 heterocycles. The minimum absolute atomic E-state index is 0.121. The monoisotopic (exact) mass is 299 g/mol. The van der Waals surface area contributed by atoms with Gasteiger partial charge in [-0.2, -0.15) is 0 Å². The van der Waals surface area contributed by atoms with E-state index >= 15 is 0 Å². The predicted octanol–water partition coefficient (Wildman–Crippen LogP) is 1.73. The summed E-state index contributed by atoms with van der Waals surface area (Å²) >= 11 is 1.62. The maximum Gasteiger partial charge on any atom is 0.252 e. The quantitative estimate of drug-likeness (QED) is 0.845. The van der Waals surface area contributed by atoms with E-state index in [1.54, 1.807) is 17.4 Å². The number of hydrogen-bond donors (Lipinski definition) is 2. The average Bonchev–Trinajstić information content (AvgIpc) is 2.91. The van der Waals surface area contributed by atoms with Gasteiger partial charge in [0, 0.05) is 23.9 Å². The minimum Gasteiger partial charge on any atom is -0.352 e. The van der Waals surface area contributed by atoms with E-state index in [-0.39, 0.29) is 12.5 Å². The molecule has 5 heteroatoms. The van der Waals surface area contributed by atoms with E-state index < -0.39 is 0 Å². The van der Waals surface area contributed by atoms with E-state index in [0.29, 0.717) is 17.7 Å². The third-order valence-corrected chi connectivity index (χ3v) is 3.65. The Bertz CT molecular complexity index is 682. The van der Waals surface area contributed by atoms with Crippen LogP contribution < -0.4 is 11.1 Å². The molecule has 0 aliphatic rings. The smallest absolute Gasteiger partial charge is 0.252 e. The number of benzene rings is 1. The zero-order valence-electron chi connectivity index (χ0n) is 11.8. The molecule has 0 unspecified atom stereocenters. The summed E-state index contributed by atoms with van der Waals surface area (Å²) in [5, 5.41) is 5.96. The van der Waals surface area contributed by atoms with Gasteiger partial charge in [-0.15, -0.1) is 11.3 Å². The molecule has 2 rings (SSSR count). The molecule has 4 nitrogen and oxygen atoms in total. The lowest BCUT2D eigenvalue weighted by Gasteiger charge is -2.06. The highest BCUT2D eigenvalue weighted by Crippen LogP contribution is 2.09. The predicted molar refractivity (Wildman–Crippen MR) is 85.3 cm³/mol. The number of aromatic nitrogens is 1. The first-order valence-corrected chi connectivity index (χ1v) is 7.56. The number of rotatable bonds is 4. The van der Waals surface area contributed by atoms with Crippen molar-refractivity contribution in [3.63, 3.8) is 0 Å². The molecule has 21 heavy (non-hydrogen) atoms. The number of hydrogen-bond acceptors (Lipinski definition) is 4. The van der Waals surface area contributed by atoms with E-state index in [0.717, 1.165) is 17.1 Å². The van der Waals surface area contributed by atoms with Crippen LogP contribution in [0.15, 0.2) is 29.6 Å². The van der Waals surface area contributed by atoms with Crippen LogP contribution in [0.1, 0.15) is 26.6 Å². The van der Waals surface area contributed by atoms with Gasteiger partial charge in [0.15, 0.2) is 0 Å². The topological polar surface area (TPSA) is 68.0 Å². The summed E-state index contributed by atoms with van der Waals surface area (Å²) in [4.78, 5) is 16.6. The molecule has 0 saturated carbocycles. The van der Waals surface area contributed by atoms with E-state index in [9.17, 15) is 4.79 Å². The Morgan fingerprint density at radius 2 is 2.24 bits per heavy atom. The van der Waals surface area contributed by atoms with Crippen molar-refractivity contribution in [2.75, 3.05) is 13.1 Å². The van der Waals surface area contributed by atoms with Crippen molar-refractivity contribution in [1.29, 1.82) is 0 Å². The lowest BCUT2D eigenvalue weighted by atomic mass is 10.1. The van der Waals surface area contributed by atoms with Gasteiger partial charge in [-0.3, -0.25) is 4.79 Å². The number of nitrogens with one attached hydrogen (secondary N) is 1. The van der Waals surface area contributed by atoms with Crippen molar-refractivity contribution in [2.45, 2.75) is 13.3 Å². The molecule has 2 aromatic rings. The van der Waals surface area contributed by atoms with Crippen molar-refractivity contribution in [3.05, 3.63) is 51.5 Å². The fourth-order valence-electron chi connectivity index (χ4n) is 1.86. The Morgan fingerprint density at radius 1 is 1.43 bits per heavy atom. The molecule has 0 fully saturated rings. The number of amides is 1. The van der Waals surface area contributed by atoms with Crippen LogP contribution in [0, 0.1) is 18.8 Å². The fraction of sp³-hybridized carbons (Fsp3) is 0.250. The molecular weight excluding hydrogens is 282 g/mol. The first-order valence-electron chi connectivity index (χ1n) is 6.68. The van der Waals surface area contributed by atoms with Gasteiger partial charge in [-0.1, -0.05) is 24.0 Å². The zero-order chi connectivity index (χ0) is 15.1. The second-order valence-electron chi connectivity index (χ2n) is 4.42. The Labute approximate surface area is 128 Å². The Morgan fingerprint density at radius 3 is 2.95 bits per heavy atom. The molecule has 1 amide bonds. The molecule has 1 aromatic carbocycles. The lowest BCUT2D eigenvalue weighted by Crippen LogP contribution is -2.26. The molecule has 0 aliphatic heterocycles. The van der Waals surface area contributed by atoms with E-state index in [1.807, 2.05) is 30.5 Å². The number of aryl methyl sites for hydroxylation is 1. The summed E-state index contributed by atoms with van der Waals surface area (Å²) in [6.07, 6.45) is 0.729. The van der Waals surface area contributed by atoms with Crippen LogP contribution in [-0.4, -0.2) is 24.0 Å². The van der Waals surface area contributed by atoms with Gasteiger partial charge in [-0.25, -0.2) is 4.98 Å². The number of carbonyl (C=O) groups excluding carboxylic acids is 1. The minimum atomic E-state index is -0.121. The summed E-state index contributed by atoms with van der Waals surface area (Å²) in [5.41, 5.74) is 7.65. The van der Waals surface area contributed by atoms with E-state index in [1.165, 1.54) is 0 Å². The van der Waals surface area contributed by atoms with Gasteiger partial charge in [0.25, 0.3) is 5.91 Å². The molecular formula is C16H17N3OS. The van der Waals surface area contributed by atoms with Crippen LogP contribution in [0.2, 0.25) is 0 Å². The summed E-state index contributed by atoms with van der Waals surface area (Å²) in [7, 11) is 0. The van der Waals surface area contributed by atoms with Crippen molar-refractivity contribution in [2.24, 2.45) is 5.73 Å². The van der Waals surface area contributed by atoms with Gasteiger partial charge >= 0.3 is 0 Å². The Kier molecular flexibility index (Phi) is 5.50. The van der Waals surface area contributed by atoms with E-state index in [4.69, 9.17) is 5.73 Å². The van der Waals surface area contributed by atoms with Crippen LogP contribution >= 0.6 is 11.3 Å². The van der Waals surface area contributed by atoms with Gasteiger partial charge < -0.3 is 11.1 Å². The summed E-state index contributed by atoms with van der Waals surface area (Å²) in [5.74, 6) is 5.57. The molecule has 1 aromatic heterocycles. The number of nitrogens with two attached hydrogens (primary N) is 1. The lowest BCUT2D eigenvalue weighted by molar-refractivity contribution is 0.0954. The summed E-state index contributed by atoms with van der Waals surface area (Å²) in [6.45, 7) is 2.80. The number of carbonyl (C=O) groups is 1. The first kappa shape index (κ1) is 15.2.